The van der Waals surface area contributed by atoms with Crippen molar-refractivity contribution in [1.82, 2.24) is 0 Å². The second-order valence-electron chi connectivity index (χ2n) is 5.33. The maximum Gasteiger partial charge on any atom is 0.238 e. The van der Waals surface area contributed by atoms with E-state index >= 15 is 0 Å². The van der Waals surface area contributed by atoms with E-state index < -0.39 is 5.25 Å². The molecule has 0 radical (unpaired) electrons. The van der Waals surface area contributed by atoms with Crippen molar-refractivity contribution in [2.75, 3.05) is 17.7 Å². The molecule has 0 spiro atoms. The predicted molar refractivity (Wildman–Crippen MR) is 101 cm³/mol. The minimum Gasteiger partial charge on any atom is -0.497 e. The first-order valence-electron chi connectivity index (χ1n) is 7.36. The van der Waals surface area contributed by atoms with Gasteiger partial charge in [-0.25, -0.2) is 0 Å². The first-order valence-corrected chi connectivity index (χ1v) is 9.00. The Kier molecular flexibility index (Phi) is 5.42. The highest BCUT2D eigenvalue weighted by molar-refractivity contribution is 8.01. The molecule has 5 nitrogen and oxygen atoms in total. The summed E-state index contributed by atoms with van der Waals surface area (Å²) in [5, 5.41) is 5.80. The highest BCUT2D eigenvalue weighted by Gasteiger charge is 2.29. The Bertz CT molecular complexity index is 845. The Morgan fingerprint density at radius 3 is 2.80 bits per heavy atom. The fraction of sp³-hybridized carbons (Fsp3) is 0.176. The van der Waals surface area contributed by atoms with Crippen molar-refractivity contribution in [3.05, 3.63) is 46.4 Å². The summed E-state index contributed by atoms with van der Waals surface area (Å²) in [4.78, 5) is 25.4. The molecule has 0 saturated heterocycles. The SMILES string of the molecule is COc1ccc2c(c1)S[C@H](CC(=O)Nc1ccc(Cl)cc1Cl)C(=O)N2. The summed E-state index contributed by atoms with van der Waals surface area (Å²) in [6.45, 7) is 0. The fourth-order valence-corrected chi connectivity index (χ4v) is 3.94. The lowest BCUT2D eigenvalue weighted by Gasteiger charge is -2.24. The average molecular weight is 397 g/mol. The van der Waals surface area contributed by atoms with E-state index in [4.69, 9.17) is 27.9 Å². The number of rotatable bonds is 4. The van der Waals surface area contributed by atoms with Crippen LogP contribution in [0, 0.1) is 0 Å². The number of methoxy groups -OCH3 is 1. The lowest BCUT2D eigenvalue weighted by atomic mass is 10.2. The van der Waals surface area contributed by atoms with E-state index in [9.17, 15) is 9.59 Å². The van der Waals surface area contributed by atoms with Crippen molar-refractivity contribution < 1.29 is 14.3 Å². The minimum absolute atomic E-state index is 0.0199. The number of amides is 2. The highest BCUT2D eigenvalue weighted by Crippen LogP contribution is 2.39. The molecule has 2 N–H and O–H groups in total. The number of hydrogen-bond donors (Lipinski definition) is 2. The molecule has 25 heavy (non-hydrogen) atoms. The van der Waals surface area contributed by atoms with Gasteiger partial charge in [0.1, 0.15) is 5.75 Å². The Morgan fingerprint density at radius 2 is 2.08 bits per heavy atom. The number of anilines is 2. The molecule has 1 aliphatic heterocycles. The molecule has 0 aromatic heterocycles. The van der Waals surface area contributed by atoms with Gasteiger partial charge >= 0.3 is 0 Å². The van der Waals surface area contributed by atoms with Crippen molar-refractivity contribution in [2.24, 2.45) is 0 Å². The summed E-state index contributed by atoms with van der Waals surface area (Å²) >= 11 is 13.2. The van der Waals surface area contributed by atoms with Gasteiger partial charge in [-0.05, 0) is 36.4 Å². The first-order chi connectivity index (χ1) is 12.0. The molecule has 0 saturated carbocycles. The Morgan fingerprint density at radius 1 is 1.28 bits per heavy atom. The van der Waals surface area contributed by atoms with Crippen LogP contribution in [0.2, 0.25) is 10.0 Å². The molecule has 0 aliphatic carbocycles. The van der Waals surface area contributed by atoms with E-state index in [1.165, 1.54) is 11.8 Å². The number of thioether (sulfide) groups is 1. The quantitative estimate of drug-likeness (QED) is 0.800. The highest BCUT2D eigenvalue weighted by atomic mass is 35.5. The van der Waals surface area contributed by atoms with Gasteiger partial charge in [0.2, 0.25) is 11.8 Å². The molecule has 0 bridgehead atoms. The van der Waals surface area contributed by atoms with Gasteiger partial charge in [-0.15, -0.1) is 11.8 Å². The zero-order valence-corrected chi connectivity index (χ0v) is 15.5. The third-order valence-corrected chi connectivity index (χ3v) is 5.39. The standard InChI is InChI=1S/C17H14Cl2N2O3S/c1-24-10-3-5-13-14(7-10)25-15(17(23)21-13)8-16(22)20-12-4-2-9(18)6-11(12)19/h2-7,15H,8H2,1H3,(H,20,22)(H,21,23)/t15-/m1/s1. The number of fused-ring (bicyclic) bond motifs is 1. The van der Waals surface area contributed by atoms with E-state index in [0.29, 0.717) is 27.2 Å². The second-order valence-corrected chi connectivity index (χ2v) is 7.42. The summed E-state index contributed by atoms with van der Waals surface area (Å²) in [7, 11) is 1.58. The molecule has 2 amide bonds. The van der Waals surface area contributed by atoms with Crippen LogP contribution in [-0.2, 0) is 9.59 Å². The molecule has 1 heterocycles. The van der Waals surface area contributed by atoms with Crippen LogP contribution in [0.5, 0.6) is 5.75 Å². The smallest absolute Gasteiger partial charge is 0.238 e. The number of benzene rings is 2. The van der Waals surface area contributed by atoms with Gasteiger partial charge in [-0.2, -0.15) is 0 Å². The van der Waals surface area contributed by atoms with Crippen molar-refractivity contribution in [3.8, 4) is 5.75 Å². The summed E-state index contributed by atoms with van der Waals surface area (Å²) in [6.07, 6.45) is 0.0199. The molecule has 0 unspecified atom stereocenters. The van der Waals surface area contributed by atoms with Crippen LogP contribution in [0.1, 0.15) is 6.42 Å². The van der Waals surface area contributed by atoms with Crippen LogP contribution < -0.4 is 15.4 Å². The third-order valence-electron chi connectivity index (χ3n) is 3.58. The maximum atomic E-state index is 12.3. The zero-order valence-electron chi connectivity index (χ0n) is 13.1. The van der Waals surface area contributed by atoms with E-state index in [1.807, 2.05) is 6.07 Å². The Labute approximate surface area is 159 Å². The van der Waals surface area contributed by atoms with Crippen molar-refractivity contribution in [3.63, 3.8) is 0 Å². The lowest BCUT2D eigenvalue weighted by Crippen LogP contribution is -2.32. The van der Waals surface area contributed by atoms with E-state index in [-0.39, 0.29) is 18.2 Å². The molecule has 0 fully saturated rings. The van der Waals surface area contributed by atoms with Gasteiger partial charge in [0, 0.05) is 16.3 Å². The molecular weight excluding hydrogens is 383 g/mol. The van der Waals surface area contributed by atoms with Gasteiger partial charge in [-0.1, -0.05) is 23.2 Å². The number of carbonyl (C=O) groups is 2. The molecule has 3 rings (SSSR count). The van der Waals surface area contributed by atoms with Crippen LogP contribution in [0.25, 0.3) is 0 Å². The normalized spacial score (nSPS) is 16.0. The van der Waals surface area contributed by atoms with Crippen molar-refractivity contribution >= 4 is 58.2 Å². The van der Waals surface area contributed by atoms with Crippen molar-refractivity contribution in [1.29, 1.82) is 0 Å². The zero-order chi connectivity index (χ0) is 18.0. The summed E-state index contributed by atoms with van der Waals surface area (Å²) in [5.41, 5.74) is 1.17. The van der Waals surface area contributed by atoms with Gasteiger partial charge in [0.05, 0.1) is 28.8 Å². The summed E-state index contributed by atoms with van der Waals surface area (Å²) < 4.78 is 5.19. The van der Waals surface area contributed by atoms with Crippen LogP contribution in [-0.4, -0.2) is 24.2 Å². The Balaban J connectivity index is 1.69. The van der Waals surface area contributed by atoms with Gasteiger partial charge in [0.25, 0.3) is 0 Å². The first kappa shape index (κ1) is 17.9. The number of carbonyl (C=O) groups excluding carboxylic acids is 2. The fourth-order valence-electron chi connectivity index (χ4n) is 2.35. The molecule has 1 aliphatic rings. The number of hydrogen-bond acceptors (Lipinski definition) is 4. The van der Waals surface area contributed by atoms with Crippen LogP contribution >= 0.6 is 35.0 Å². The minimum atomic E-state index is -0.536. The molecule has 1 atom stereocenters. The van der Waals surface area contributed by atoms with Gasteiger partial charge in [-0.3, -0.25) is 9.59 Å². The van der Waals surface area contributed by atoms with Gasteiger partial charge in [0.15, 0.2) is 0 Å². The van der Waals surface area contributed by atoms with Gasteiger partial charge < -0.3 is 15.4 Å². The van der Waals surface area contributed by atoms with Crippen LogP contribution in [0.3, 0.4) is 0 Å². The molecule has 130 valence electrons. The van der Waals surface area contributed by atoms with Crippen LogP contribution in [0.4, 0.5) is 11.4 Å². The number of halogens is 2. The number of ether oxygens (including phenoxy) is 1. The molecular formula is C17H14Cl2N2O3S. The van der Waals surface area contributed by atoms with E-state index in [1.54, 1.807) is 37.4 Å². The molecule has 8 heteroatoms. The maximum absolute atomic E-state index is 12.3. The number of nitrogens with one attached hydrogen (secondary N) is 2. The lowest BCUT2D eigenvalue weighted by molar-refractivity contribution is -0.120. The van der Waals surface area contributed by atoms with E-state index in [2.05, 4.69) is 10.6 Å². The molecule has 2 aromatic carbocycles. The summed E-state index contributed by atoms with van der Waals surface area (Å²) in [6, 6.07) is 10.2. The second kappa shape index (κ2) is 7.56. The monoisotopic (exact) mass is 396 g/mol. The average Bonchev–Trinajstić information content (AvgIpc) is 2.57. The topological polar surface area (TPSA) is 67.4 Å². The predicted octanol–water partition coefficient (Wildman–Crippen LogP) is 4.44. The molecule has 2 aromatic rings. The largest absolute Gasteiger partial charge is 0.497 e. The Hall–Kier alpha value is -1.89. The van der Waals surface area contributed by atoms with E-state index in [0.717, 1.165) is 4.90 Å². The third kappa shape index (κ3) is 4.21. The van der Waals surface area contributed by atoms with Crippen LogP contribution in [0.15, 0.2) is 41.3 Å². The van der Waals surface area contributed by atoms with Crippen molar-refractivity contribution in [2.45, 2.75) is 16.6 Å². The summed E-state index contributed by atoms with van der Waals surface area (Å²) in [5.74, 6) is 0.182.